The Hall–Kier alpha value is -4.33. The highest BCUT2D eigenvalue weighted by Crippen LogP contribution is 2.27. The van der Waals surface area contributed by atoms with Crippen molar-refractivity contribution in [1.82, 2.24) is 20.3 Å². The number of nitrogens with zero attached hydrogens (tertiary/aromatic N) is 3. The standard InChI is InChI=1S/C25H27F3N6O4.C5H11N/c26-25(27,28)15-38-24-33-22-30-14-16-5-8-18(9-6-16)36-11-3-1-2-4-12-37-20-13-17(31-23(32-22)34-24)7-10-19(20)21(29)35;1-5-2-3-6-4-5/h5-10,13H,1-4,11-12,14-15H2,(H2,29,35)(H2,30,31,32,33,34);5-6H,2-4H2,1H3. The number of primary amides is 1. The molecule has 3 aliphatic heterocycles. The van der Waals surface area contributed by atoms with Gasteiger partial charge in [0.25, 0.3) is 5.91 Å². The van der Waals surface area contributed by atoms with E-state index in [1.807, 2.05) is 24.3 Å². The Morgan fingerprint density at radius 1 is 1.00 bits per heavy atom. The van der Waals surface area contributed by atoms with Crippen molar-refractivity contribution in [3.8, 4) is 17.5 Å². The number of halogens is 3. The van der Waals surface area contributed by atoms with E-state index in [1.54, 1.807) is 12.1 Å². The number of ether oxygens (including phenoxy) is 3. The summed E-state index contributed by atoms with van der Waals surface area (Å²) in [6.45, 7) is 4.41. The maximum atomic E-state index is 12.7. The van der Waals surface area contributed by atoms with Crippen molar-refractivity contribution in [2.24, 2.45) is 11.7 Å². The number of carbonyl (C=O) groups excluding carboxylic acids is 1. The number of alkyl halides is 3. The third-order valence-electron chi connectivity index (χ3n) is 6.73. The first-order valence-electron chi connectivity index (χ1n) is 14.6. The molecule has 1 fully saturated rings. The molecule has 0 aliphatic carbocycles. The Balaban J connectivity index is 0.000000657. The number of nitrogens with one attached hydrogen (secondary N) is 3. The van der Waals surface area contributed by atoms with E-state index < -0.39 is 24.7 Å². The van der Waals surface area contributed by atoms with Crippen molar-refractivity contribution in [3.63, 3.8) is 0 Å². The Morgan fingerprint density at radius 3 is 2.36 bits per heavy atom. The van der Waals surface area contributed by atoms with E-state index in [4.69, 9.17) is 19.9 Å². The van der Waals surface area contributed by atoms with Gasteiger partial charge in [-0.15, -0.1) is 0 Å². The zero-order valence-corrected chi connectivity index (χ0v) is 24.6. The summed E-state index contributed by atoms with van der Waals surface area (Å²) < 4.78 is 54.6. The van der Waals surface area contributed by atoms with Crippen LogP contribution in [0.1, 0.15) is 54.9 Å². The summed E-state index contributed by atoms with van der Waals surface area (Å²) in [5.74, 6) is 1.19. The van der Waals surface area contributed by atoms with Gasteiger partial charge in [0.1, 0.15) is 11.5 Å². The molecule has 1 atom stereocenters. The molecule has 14 heteroatoms. The van der Waals surface area contributed by atoms with Crippen LogP contribution in [0.4, 0.5) is 30.8 Å². The highest BCUT2D eigenvalue weighted by Gasteiger charge is 2.29. The monoisotopic (exact) mass is 617 g/mol. The van der Waals surface area contributed by atoms with Crippen molar-refractivity contribution < 1.29 is 32.2 Å². The Bertz CT molecular complexity index is 1350. The van der Waals surface area contributed by atoms with Gasteiger partial charge < -0.3 is 35.9 Å². The molecule has 1 unspecified atom stereocenters. The number of aromatic nitrogens is 3. The molecule has 3 aromatic rings. The molecule has 1 aromatic heterocycles. The molecule has 2 aromatic carbocycles. The van der Waals surface area contributed by atoms with Crippen LogP contribution < -0.4 is 35.9 Å². The Morgan fingerprint density at radius 2 is 1.73 bits per heavy atom. The highest BCUT2D eigenvalue weighted by molar-refractivity contribution is 5.96. The molecule has 0 spiro atoms. The predicted octanol–water partition coefficient (Wildman–Crippen LogP) is 5.21. The van der Waals surface area contributed by atoms with Crippen LogP contribution in [0.3, 0.4) is 0 Å². The van der Waals surface area contributed by atoms with Gasteiger partial charge in [0.05, 0.1) is 18.8 Å². The van der Waals surface area contributed by atoms with Gasteiger partial charge in [-0.05, 0) is 80.9 Å². The lowest BCUT2D eigenvalue weighted by molar-refractivity contribution is -0.154. The van der Waals surface area contributed by atoms with Crippen LogP contribution in [-0.2, 0) is 6.54 Å². The molecule has 6 bridgehead atoms. The molecule has 6 rings (SSSR count). The van der Waals surface area contributed by atoms with E-state index in [0.717, 1.165) is 42.9 Å². The van der Waals surface area contributed by atoms with Gasteiger partial charge in [-0.1, -0.05) is 19.1 Å². The van der Waals surface area contributed by atoms with Crippen LogP contribution in [0.15, 0.2) is 42.5 Å². The number of hydrogen-bond acceptors (Lipinski definition) is 10. The molecule has 0 radical (unpaired) electrons. The lowest BCUT2D eigenvalue weighted by Gasteiger charge is -2.14. The Kier molecular flexibility index (Phi) is 11.8. The average molecular weight is 618 g/mol. The van der Waals surface area contributed by atoms with Crippen LogP contribution in [0.2, 0.25) is 0 Å². The van der Waals surface area contributed by atoms with Gasteiger partial charge >= 0.3 is 12.2 Å². The lowest BCUT2D eigenvalue weighted by Crippen LogP contribution is -2.21. The predicted molar refractivity (Wildman–Crippen MR) is 159 cm³/mol. The molecule has 44 heavy (non-hydrogen) atoms. The van der Waals surface area contributed by atoms with Gasteiger partial charge in [-0.2, -0.15) is 28.1 Å². The van der Waals surface area contributed by atoms with Crippen LogP contribution in [0.25, 0.3) is 0 Å². The van der Waals surface area contributed by atoms with Gasteiger partial charge in [0.2, 0.25) is 11.9 Å². The topological polar surface area (TPSA) is 146 Å². The quantitative estimate of drug-likeness (QED) is 0.309. The summed E-state index contributed by atoms with van der Waals surface area (Å²) in [7, 11) is 0. The SMILES string of the molecule is CC1CCNC1.NC(=O)c1ccc2cc1OCCCCCCOc1ccc(cc1)CNc1nc(nc(OCC(F)(F)F)n1)N2. The average Bonchev–Trinajstić information content (AvgIpc) is 3.47. The molecule has 238 valence electrons. The first-order chi connectivity index (χ1) is 21.1. The number of nitrogens with two attached hydrogens (primary N) is 1. The van der Waals surface area contributed by atoms with Gasteiger partial charge in [-0.3, -0.25) is 4.79 Å². The number of rotatable bonds is 3. The molecule has 1 saturated heterocycles. The molecule has 5 N–H and O–H groups in total. The van der Waals surface area contributed by atoms with Crippen molar-refractivity contribution in [2.45, 2.75) is 51.7 Å². The minimum atomic E-state index is -4.57. The fourth-order valence-electron chi connectivity index (χ4n) is 4.37. The summed E-state index contributed by atoms with van der Waals surface area (Å²) in [5.41, 5.74) is 6.97. The second kappa shape index (κ2) is 15.9. The maximum absolute atomic E-state index is 12.7. The number of fused-ring (bicyclic) bond motifs is 10. The van der Waals surface area contributed by atoms with Crippen molar-refractivity contribution in [3.05, 3.63) is 53.6 Å². The van der Waals surface area contributed by atoms with Crippen molar-refractivity contribution in [2.75, 3.05) is 43.5 Å². The van der Waals surface area contributed by atoms with E-state index in [0.29, 0.717) is 18.9 Å². The van der Waals surface area contributed by atoms with Crippen LogP contribution in [0, 0.1) is 5.92 Å². The zero-order chi connectivity index (χ0) is 31.4. The first-order valence-corrected chi connectivity index (χ1v) is 14.6. The number of hydrogen-bond donors (Lipinski definition) is 4. The largest absolute Gasteiger partial charge is 0.494 e. The third-order valence-corrected chi connectivity index (χ3v) is 6.73. The van der Waals surface area contributed by atoms with Crippen LogP contribution >= 0.6 is 0 Å². The number of anilines is 3. The van der Waals surface area contributed by atoms with E-state index >= 15 is 0 Å². The third kappa shape index (κ3) is 11.1. The minimum absolute atomic E-state index is 0.00359. The fraction of sp³-hybridized carbons (Fsp3) is 0.467. The number of amides is 1. The Labute approximate surface area is 254 Å². The smallest absolute Gasteiger partial charge is 0.422 e. The normalized spacial score (nSPS) is 17.3. The molecule has 4 heterocycles. The summed E-state index contributed by atoms with van der Waals surface area (Å²) in [6.07, 6.45) is 0.303. The molecule has 11 nitrogen and oxygen atoms in total. The van der Waals surface area contributed by atoms with Gasteiger partial charge in [-0.25, -0.2) is 0 Å². The summed E-state index contributed by atoms with van der Waals surface area (Å²) >= 11 is 0. The second-order valence-corrected chi connectivity index (χ2v) is 10.6. The van der Waals surface area contributed by atoms with Gasteiger partial charge in [0, 0.05) is 18.3 Å². The fourth-order valence-corrected chi connectivity index (χ4v) is 4.37. The summed E-state index contributed by atoms with van der Waals surface area (Å²) in [5, 5.41) is 9.14. The molecule has 3 aliphatic rings. The summed E-state index contributed by atoms with van der Waals surface area (Å²) in [6, 6.07) is 11.5. The molecule has 1 amide bonds. The van der Waals surface area contributed by atoms with E-state index in [9.17, 15) is 18.0 Å². The van der Waals surface area contributed by atoms with E-state index in [-0.39, 0.29) is 29.8 Å². The van der Waals surface area contributed by atoms with Crippen LogP contribution in [0.5, 0.6) is 17.5 Å². The van der Waals surface area contributed by atoms with Crippen molar-refractivity contribution in [1.29, 1.82) is 0 Å². The van der Waals surface area contributed by atoms with E-state index in [1.165, 1.54) is 25.6 Å². The number of carbonyl (C=O) groups is 1. The minimum Gasteiger partial charge on any atom is -0.494 e. The summed E-state index contributed by atoms with van der Waals surface area (Å²) in [4.78, 5) is 24.0. The zero-order valence-electron chi connectivity index (χ0n) is 24.6. The first kappa shape index (κ1) is 32.6. The lowest BCUT2D eigenvalue weighted by atomic mass is 10.1. The van der Waals surface area contributed by atoms with Gasteiger partial charge in [0.15, 0.2) is 6.61 Å². The number of benzene rings is 2. The van der Waals surface area contributed by atoms with E-state index in [2.05, 4.69) is 37.8 Å². The van der Waals surface area contributed by atoms with Crippen LogP contribution in [-0.4, -0.2) is 59.9 Å². The second-order valence-electron chi connectivity index (χ2n) is 10.6. The van der Waals surface area contributed by atoms with Crippen molar-refractivity contribution >= 4 is 23.5 Å². The molecule has 0 saturated carbocycles. The molecular weight excluding hydrogens is 579 g/mol. The highest BCUT2D eigenvalue weighted by atomic mass is 19.4. The maximum Gasteiger partial charge on any atom is 0.422 e. The molecular formula is C30H38F3N7O4.